The maximum absolute atomic E-state index is 12.6. The van der Waals surface area contributed by atoms with Gasteiger partial charge in [-0.05, 0) is 58.8 Å². The first-order valence-electron chi connectivity index (χ1n) is 11.5. The molecule has 2 aliphatic rings. The Balaban J connectivity index is 1.28. The van der Waals surface area contributed by atoms with Gasteiger partial charge in [-0.25, -0.2) is 9.97 Å². The molecule has 0 bridgehead atoms. The van der Waals surface area contributed by atoms with Crippen LogP contribution in [0.4, 0.5) is 11.6 Å². The van der Waals surface area contributed by atoms with Gasteiger partial charge in [-0.2, -0.15) is 5.10 Å². The van der Waals surface area contributed by atoms with Gasteiger partial charge in [0.15, 0.2) is 0 Å². The summed E-state index contributed by atoms with van der Waals surface area (Å²) in [6.07, 6.45) is 7.86. The number of aromatic nitrogens is 4. The monoisotopic (exact) mass is 425 g/mol. The van der Waals surface area contributed by atoms with Crippen molar-refractivity contribution in [2.24, 2.45) is 13.0 Å². The summed E-state index contributed by atoms with van der Waals surface area (Å²) in [5.41, 5.74) is 3.21. The van der Waals surface area contributed by atoms with E-state index in [-0.39, 0.29) is 11.9 Å². The van der Waals surface area contributed by atoms with Gasteiger partial charge in [-0.15, -0.1) is 0 Å². The highest BCUT2D eigenvalue weighted by Gasteiger charge is 2.25. The molecule has 1 aliphatic heterocycles. The number of piperidine rings is 1. The van der Waals surface area contributed by atoms with Gasteiger partial charge in [-0.1, -0.05) is 0 Å². The molecule has 0 radical (unpaired) electrons. The molecule has 2 fully saturated rings. The topological polar surface area (TPSA) is 88.0 Å². The third-order valence-electron chi connectivity index (χ3n) is 6.58. The van der Waals surface area contributed by atoms with E-state index in [1.54, 1.807) is 6.33 Å². The summed E-state index contributed by atoms with van der Waals surface area (Å²) < 4.78 is 1.88. The maximum atomic E-state index is 12.6. The molecule has 2 aromatic heterocycles. The number of anilines is 2. The van der Waals surface area contributed by atoms with Crippen molar-refractivity contribution in [1.82, 2.24) is 25.1 Å². The smallest absolute Gasteiger partial charge is 0.220 e. The lowest BCUT2D eigenvalue weighted by Gasteiger charge is -2.33. The SMILES string of the molecule is Cc1nn(C)c(C)c1[C@H](C)NC(=O)CC[C@@H]1CCCN(c2cc(NC3CC3)ncn2)C1. The first-order valence-corrected chi connectivity index (χ1v) is 11.5. The van der Waals surface area contributed by atoms with Crippen LogP contribution in [0, 0.1) is 19.8 Å². The van der Waals surface area contributed by atoms with E-state index in [1.165, 1.54) is 19.3 Å². The number of carbonyl (C=O) groups excluding carboxylic acids is 1. The molecule has 4 rings (SSSR count). The Labute approximate surface area is 184 Å². The molecule has 8 nitrogen and oxygen atoms in total. The van der Waals surface area contributed by atoms with Crippen molar-refractivity contribution < 1.29 is 4.79 Å². The van der Waals surface area contributed by atoms with Gasteiger partial charge in [0.2, 0.25) is 5.91 Å². The average Bonchev–Trinajstić information content (AvgIpc) is 3.52. The number of nitrogens with one attached hydrogen (secondary N) is 2. The number of nitrogens with zero attached hydrogens (tertiary/aromatic N) is 5. The first kappa shape index (κ1) is 21.6. The standard InChI is InChI=1S/C23H35N7O/c1-15(23-16(2)28-29(4)17(23)3)26-22(31)10-7-18-6-5-11-30(13-18)21-12-20(24-14-25-21)27-19-8-9-19/h12,14-15,18-19H,5-11,13H2,1-4H3,(H,26,31)(H,24,25,27)/t15-,18-/m0/s1. The van der Waals surface area contributed by atoms with Gasteiger partial charge < -0.3 is 15.5 Å². The second-order valence-corrected chi connectivity index (χ2v) is 9.17. The van der Waals surface area contributed by atoms with Crippen LogP contribution in [0.3, 0.4) is 0 Å². The van der Waals surface area contributed by atoms with Crippen LogP contribution in [0.5, 0.6) is 0 Å². The summed E-state index contributed by atoms with van der Waals surface area (Å²) in [5.74, 6) is 2.53. The predicted octanol–water partition coefficient (Wildman–Crippen LogP) is 3.28. The summed E-state index contributed by atoms with van der Waals surface area (Å²) >= 11 is 0. The molecule has 31 heavy (non-hydrogen) atoms. The molecule has 1 saturated heterocycles. The fourth-order valence-electron chi connectivity index (χ4n) is 4.68. The molecule has 3 heterocycles. The average molecular weight is 426 g/mol. The number of carbonyl (C=O) groups is 1. The summed E-state index contributed by atoms with van der Waals surface area (Å²) in [7, 11) is 1.94. The Morgan fingerprint density at radius 2 is 2.06 bits per heavy atom. The Hall–Kier alpha value is -2.64. The highest BCUT2D eigenvalue weighted by Crippen LogP contribution is 2.28. The first-order chi connectivity index (χ1) is 14.9. The third-order valence-corrected chi connectivity index (χ3v) is 6.58. The van der Waals surface area contributed by atoms with Crippen LogP contribution in [0.2, 0.25) is 0 Å². The van der Waals surface area contributed by atoms with E-state index in [2.05, 4.69) is 36.7 Å². The number of amides is 1. The molecular weight excluding hydrogens is 390 g/mol. The Morgan fingerprint density at radius 3 is 2.77 bits per heavy atom. The molecule has 0 spiro atoms. The summed E-state index contributed by atoms with van der Waals surface area (Å²) in [5, 5.41) is 11.1. The Kier molecular flexibility index (Phi) is 6.43. The van der Waals surface area contributed by atoms with E-state index in [0.717, 1.165) is 54.5 Å². The van der Waals surface area contributed by atoms with E-state index in [0.29, 0.717) is 18.4 Å². The molecule has 2 aromatic rings. The van der Waals surface area contributed by atoms with Crippen LogP contribution in [0.1, 0.15) is 68.4 Å². The zero-order valence-electron chi connectivity index (χ0n) is 19.2. The van der Waals surface area contributed by atoms with Crippen LogP contribution in [-0.4, -0.2) is 44.8 Å². The lowest BCUT2D eigenvalue weighted by atomic mass is 9.93. The minimum atomic E-state index is -0.0255. The minimum absolute atomic E-state index is 0.0255. The van der Waals surface area contributed by atoms with Gasteiger partial charge in [0.1, 0.15) is 18.0 Å². The summed E-state index contributed by atoms with van der Waals surface area (Å²) in [4.78, 5) is 23.8. The number of hydrogen-bond donors (Lipinski definition) is 2. The van der Waals surface area contributed by atoms with Crippen LogP contribution in [-0.2, 0) is 11.8 Å². The Morgan fingerprint density at radius 1 is 1.26 bits per heavy atom. The van der Waals surface area contributed by atoms with E-state index in [9.17, 15) is 4.79 Å². The fourth-order valence-corrected chi connectivity index (χ4v) is 4.68. The van der Waals surface area contributed by atoms with Crippen molar-refractivity contribution in [3.05, 3.63) is 29.3 Å². The van der Waals surface area contributed by atoms with Crippen LogP contribution in [0.15, 0.2) is 12.4 Å². The van der Waals surface area contributed by atoms with Gasteiger partial charge in [0.25, 0.3) is 0 Å². The molecule has 0 unspecified atom stereocenters. The minimum Gasteiger partial charge on any atom is -0.367 e. The quantitative estimate of drug-likeness (QED) is 0.675. The van der Waals surface area contributed by atoms with Crippen molar-refractivity contribution in [3.8, 4) is 0 Å². The summed E-state index contributed by atoms with van der Waals surface area (Å²) in [6, 6.07) is 2.62. The zero-order valence-corrected chi connectivity index (χ0v) is 19.2. The Bertz CT molecular complexity index is 921. The fraction of sp³-hybridized carbons (Fsp3) is 0.652. The van der Waals surface area contributed by atoms with Gasteiger partial charge in [0.05, 0.1) is 11.7 Å². The van der Waals surface area contributed by atoms with Crippen molar-refractivity contribution >= 4 is 17.5 Å². The zero-order chi connectivity index (χ0) is 22.0. The lowest BCUT2D eigenvalue weighted by molar-refractivity contribution is -0.122. The van der Waals surface area contributed by atoms with Crippen LogP contribution < -0.4 is 15.5 Å². The number of hydrogen-bond acceptors (Lipinski definition) is 6. The maximum Gasteiger partial charge on any atom is 0.220 e. The summed E-state index contributed by atoms with van der Waals surface area (Å²) in [6.45, 7) is 8.05. The molecule has 8 heteroatoms. The second kappa shape index (κ2) is 9.24. The number of aryl methyl sites for hydroxylation is 2. The van der Waals surface area contributed by atoms with Gasteiger partial charge in [0, 0.05) is 49.9 Å². The van der Waals surface area contributed by atoms with E-state index in [4.69, 9.17) is 0 Å². The molecule has 1 saturated carbocycles. The lowest BCUT2D eigenvalue weighted by Crippen LogP contribution is -2.36. The van der Waals surface area contributed by atoms with Crippen molar-refractivity contribution in [2.45, 2.75) is 71.4 Å². The largest absolute Gasteiger partial charge is 0.367 e. The number of rotatable bonds is 8. The van der Waals surface area contributed by atoms with E-state index in [1.807, 2.05) is 32.5 Å². The van der Waals surface area contributed by atoms with E-state index < -0.39 is 0 Å². The van der Waals surface area contributed by atoms with E-state index >= 15 is 0 Å². The van der Waals surface area contributed by atoms with Gasteiger partial charge in [-0.3, -0.25) is 9.48 Å². The van der Waals surface area contributed by atoms with Crippen molar-refractivity contribution in [3.63, 3.8) is 0 Å². The second-order valence-electron chi connectivity index (χ2n) is 9.17. The van der Waals surface area contributed by atoms with Crippen molar-refractivity contribution in [1.29, 1.82) is 0 Å². The molecular formula is C23H35N7O. The molecule has 1 amide bonds. The molecule has 1 aliphatic carbocycles. The van der Waals surface area contributed by atoms with Crippen molar-refractivity contribution in [2.75, 3.05) is 23.3 Å². The highest BCUT2D eigenvalue weighted by molar-refractivity contribution is 5.76. The van der Waals surface area contributed by atoms with Gasteiger partial charge >= 0.3 is 0 Å². The highest BCUT2D eigenvalue weighted by atomic mass is 16.1. The molecule has 2 atom stereocenters. The molecule has 2 N–H and O–H groups in total. The normalized spacial score (nSPS) is 19.9. The third kappa shape index (κ3) is 5.35. The molecule has 168 valence electrons. The predicted molar refractivity (Wildman–Crippen MR) is 122 cm³/mol. The molecule has 0 aromatic carbocycles. The van der Waals surface area contributed by atoms with Crippen LogP contribution >= 0.6 is 0 Å². The van der Waals surface area contributed by atoms with Crippen LogP contribution in [0.25, 0.3) is 0 Å².